The van der Waals surface area contributed by atoms with Crippen molar-refractivity contribution < 1.29 is 19.7 Å². The Bertz CT molecular complexity index is 396. The Morgan fingerprint density at radius 2 is 2.12 bits per heavy atom. The molecule has 1 heterocycles. The number of rotatable bonds is 1. The van der Waals surface area contributed by atoms with Crippen LogP contribution in [-0.2, 0) is 4.74 Å². The van der Waals surface area contributed by atoms with Gasteiger partial charge in [-0.05, 0) is 12.1 Å². The third-order valence-corrected chi connectivity index (χ3v) is 2.32. The quantitative estimate of drug-likeness (QED) is 0.704. The van der Waals surface area contributed by atoms with Crippen LogP contribution in [0.3, 0.4) is 0 Å². The van der Waals surface area contributed by atoms with Gasteiger partial charge < -0.3 is 20.3 Å². The zero-order valence-electron chi connectivity index (χ0n) is 8.34. The molecule has 1 aliphatic rings. The Balaban J connectivity index is 0.00000128. The van der Waals surface area contributed by atoms with Crippen molar-refractivity contribution >= 4 is 18.5 Å². The standard InChI is InChI=1S/C10H11NO4.ClH/c12-6-1-2-7(9(13)5-6)8-3-4-15-10(14)11-8;/h1-2,5,8,12-13H,3-4H2,(H,11,14);1H/t8-;/m1./s1. The van der Waals surface area contributed by atoms with Gasteiger partial charge >= 0.3 is 6.09 Å². The number of aromatic hydroxyl groups is 2. The van der Waals surface area contributed by atoms with Crippen LogP contribution in [0.15, 0.2) is 18.2 Å². The van der Waals surface area contributed by atoms with Gasteiger partial charge in [0, 0.05) is 18.1 Å². The number of nitrogens with one attached hydrogen (secondary N) is 1. The van der Waals surface area contributed by atoms with E-state index in [4.69, 9.17) is 9.84 Å². The molecule has 0 radical (unpaired) electrons. The van der Waals surface area contributed by atoms with Crippen LogP contribution in [0.5, 0.6) is 11.5 Å². The molecule has 1 aliphatic heterocycles. The highest BCUT2D eigenvalue weighted by atomic mass is 35.5. The summed E-state index contributed by atoms with van der Waals surface area (Å²) in [6.45, 7) is 0.330. The molecule has 1 saturated heterocycles. The van der Waals surface area contributed by atoms with Crippen LogP contribution >= 0.6 is 12.4 Å². The summed E-state index contributed by atoms with van der Waals surface area (Å²) >= 11 is 0. The number of phenolic OH excluding ortho intramolecular Hbond substituents is 2. The zero-order chi connectivity index (χ0) is 10.8. The predicted octanol–water partition coefficient (Wildman–Crippen LogP) is 1.69. The van der Waals surface area contributed by atoms with E-state index < -0.39 is 6.09 Å². The molecule has 0 bridgehead atoms. The molecule has 2 rings (SSSR count). The molecule has 0 unspecified atom stereocenters. The van der Waals surface area contributed by atoms with E-state index in [0.717, 1.165) is 0 Å². The van der Waals surface area contributed by atoms with E-state index in [1.54, 1.807) is 6.07 Å². The second-order valence-corrected chi connectivity index (χ2v) is 3.36. The number of cyclic esters (lactones) is 1. The second-order valence-electron chi connectivity index (χ2n) is 3.36. The average Bonchev–Trinajstić information content (AvgIpc) is 2.17. The van der Waals surface area contributed by atoms with E-state index in [-0.39, 0.29) is 29.9 Å². The minimum atomic E-state index is -0.487. The summed E-state index contributed by atoms with van der Waals surface area (Å²) in [5, 5.41) is 21.3. The van der Waals surface area contributed by atoms with E-state index in [2.05, 4.69) is 5.32 Å². The number of carbonyl (C=O) groups is 1. The molecule has 3 N–H and O–H groups in total. The lowest BCUT2D eigenvalue weighted by atomic mass is 10.0. The molecule has 0 aromatic heterocycles. The summed E-state index contributed by atoms with van der Waals surface area (Å²) in [4.78, 5) is 11.0. The molecule has 1 fully saturated rings. The van der Waals surface area contributed by atoms with Crippen molar-refractivity contribution in [2.24, 2.45) is 0 Å². The normalized spacial score (nSPS) is 19.2. The number of carbonyl (C=O) groups excluding carboxylic acids is 1. The molecule has 1 aromatic rings. The van der Waals surface area contributed by atoms with Crippen molar-refractivity contribution in [1.82, 2.24) is 5.32 Å². The molecule has 0 spiro atoms. The monoisotopic (exact) mass is 245 g/mol. The molecule has 1 aromatic carbocycles. The summed E-state index contributed by atoms with van der Waals surface area (Å²) in [7, 11) is 0. The van der Waals surface area contributed by atoms with E-state index in [1.807, 2.05) is 0 Å². The lowest BCUT2D eigenvalue weighted by Crippen LogP contribution is -2.35. The third-order valence-electron chi connectivity index (χ3n) is 2.32. The highest BCUT2D eigenvalue weighted by Gasteiger charge is 2.23. The van der Waals surface area contributed by atoms with Gasteiger partial charge in [-0.2, -0.15) is 0 Å². The van der Waals surface area contributed by atoms with Crippen molar-refractivity contribution in [3.63, 3.8) is 0 Å². The van der Waals surface area contributed by atoms with Crippen LogP contribution in [0, 0.1) is 0 Å². The number of amides is 1. The highest BCUT2D eigenvalue weighted by molar-refractivity contribution is 5.85. The van der Waals surface area contributed by atoms with Gasteiger partial charge in [0.15, 0.2) is 0 Å². The Morgan fingerprint density at radius 3 is 2.75 bits per heavy atom. The van der Waals surface area contributed by atoms with Gasteiger partial charge in [0.05, 0.1) is 12.6 Å². The Morgan fingerprint density at radius 1 is 1.38 bits per heavy atom. The lowest BCUT2D eigenvalue weighted by molar-refractivity contribution is 0.115. The van der Waals surface area contributed by atoms with Crippen molar-refractivity contribution in [2.45, 2.75) is 12.5 Å². The van der Waals surface area contributed by atoms with Crippen LogP contribution in [0.4, 0.5) is 4.79 Å². The number of phenols is 2. The molecule has 5 nitrogen and oxygen atoms in total. The minimum Gasteiger partial charge on any atom is -0.508 e. The van der Waals surface area contributed by atoms with Crippen molar-refractivity contribution in [3.05, 3.63) is 23.8 Å². The first-order valence-electron chi connectivity index (χ1n) is 4.62. The molecule has 1 amide bonds. The third kappa shape index (κ3) is 2.49. The molecular formula is C10H12ClNO4. The summed E-state index contributed by atoms with van der Waals surface area (Å²) in [5.74, 6) is -0.0307. The molecule has 1 atom stereocenters. The van der Waals surface area contributed by atoms with Crippen LogP contribution < -0.4 is 5.32 Å². The summed E-state index contributed by atoms with van der Waals surface area (Å²) < 4.78 is 4.71. The van der Waals surface area contributed by atoms with Gasteiger partial charge in [-0.1, -0.05) is 0 Å². The van der Waals surface area contributed by atoms with Gasteiger partial charge in [0.1, 0.15) is 11.5 Å². The van der Waals surface area contributed by atoms with Crippen molar-refractivity contribution in [2.75, 3.05) is 6.61 Å². The van der Waals surface area contributed by atoms with Crippen LogP contribution in [0.1, 0.15) is 18.0 Å². The van der Waals surface area contributed by atoms with Gasteiger partial charge in [0.2, 0.25) is 0 Å². The van der Waals surface area contributed by atoms with Gasteiger partial charge in [-0.3, -0.25) is 0 Å². The predicted molar refractivity (Wildman–Crippen MR) is 58.9 cm³/mol. The Labute approximate surface area is 98.5 Å². The number of alkyl carbamates (subject to hydrolysis) is 1. The summed E-state index contributed by atoms with van der Waals surface area (Å²) in [6.07, 6.45) is 0.114. The van der Waals surface area contributed by atoms with Crippen LogP contribution in [-0.4, -0.2) is 22.9 Å². The zero-order valence-corrected chi connectivity index (χ0v) is 9.16. The number of hydrogen-bond donors (Lipinski definition) is 3. The largest absolute Gasteiger partial charge is 0.508 e. The maximum absolute atomic E-state index is 11.0. The molecular weight excluding hydrogens is 234 g/mol. The van der Waals surface area contributed by atoms with Crippen molar-refractivity contribution in [1.29, 1.82) is 0 Å². The van der Waals surface area contributed by atoms with Gasteiger partial charge in [-0.15, -0.1) is 12.4 Å². The minimum absolute atomic E-state index is 0. The number of hydrogen-bond acceptors (Lipinski definition) is 4. The van der Waals surface area contributed by atoms with Crippen molar-refractivity contribution in [3.8, 4) is 11.5 Å². The van der Waals surface area contributed by atoms with Gasteiger partial charge in [0.25, 0.3) is 0 Å². The van der Waals surface area contributed by atoms with Crippen LogP contribution in [0.25, 0.3) is 0 Å². The Kier molecular flexibility index (Phi) is 3.84. The Hall–Kier alpha value is -1.62. The number of halogens is 1. The van der Waals surface area contributed by atoms with E-state index in [9.17, 15) is 9.90 Å². The first-order chi connectivity index (χ1) is 7.16. The van der Waals surface area contributed by atoms with E-state index in [0.29, 0.717) is 18.6 Å². The number of ether oxygens (including phenoxy) is 1. The fourth-order valence-corrected chi connectivity index (χ4v) is 1.59. The van der Waals surface area contributed by atoms with E-state index >= 15 is 0 Å². The molecule has 6 heteroatoms. The first kappa shape index (κ1) is 12.4. The maximum atomic E-state index is 11.0. The highest BCUT2D eigenvalue weighted by Crippen LogP contribution is 2.30. The average molecular weight is 246 g/mol. The second kappa shape index (κ2) is 4.94. The lowest BCUT2D eigenvalue weighted by Gasteiger charge is -2.24. The molecule has 16 heavy (non-hydrogen) atoms. The number of benzene rings is 1. The fraction of sp³-hybridized carbons (Fsp3) is 0.300. The fourth-order valence-electron chi connectivity index (χ4n) is 1.59. The smallest absolute Gasteiger partial charge is 0.407 e. The van der Waals surface area contributed by atoms with E-state index in [1.165, 1.54) is 12.1 Å². The first-order valence-corrected chi connectivity index (χ1v) is 4.62. The molecule has 88 valence electrons. The summed E-state index contributed by atoms with van der Waals surface area (Å²) in [5.41, 5.74) is 0.587. The van der Waals surface area contributed by atoms with Gasteiger partial charge in [-0.25, -0.2) is 4.79 Å². The summed E-state index contributed by atoms with van der Waals surface area (Å²) in [6, 6.07) is 4.04. The SMILES string of the molecule is Cl.O=C1N[C@@H](c2ccc(O)cc2O)CCO1. The van der Waals surface area contributed by atoms with Crippen LogP contribution in [0.2, 0.25) is 0 Å². The topological polar surface area (TPSA) is 78.8 Å². The maximum Gasteiger partial charge on any atom is 0.407 e. The molecule has 0 aliphatic carbocycles. The molecule has 0 saturated carbocycles.